The maximum Gasteiger partial charge on any atom is 0.264 e. The van der Waals surface area contributed by atoms with Crippen LogP contribution in [0.25, 0.3) is 0 Å². The van der Waals surface area contributed by atoms with Crippen molar-refractivity contribution in [2.75, 3.05) is 23.3 Å². The number of benzene rings is 3. The number of anilines is 2. The predicted molar refractivity (Wildman–Crippen MR) is 122 cm³/mol. The van der Waals surface area contributed by atoms with E-state index in [1.807, 2.05) is 0 Å². The highest BCUT2D eigenvalue weighted by Crippen LogP contribution is 2.28. The van der Waals surface area contributed by atoms with Crippen LogP contribution in [0.2, 0.25) is 5.02 Å². The number of nitrogens with one attached hydrogen (secondary N) is 1. The molecule has 0 saturated heterocycles. The quantitative estimate of drug-likeness (QED) is 0.465. The minimum Gasteiger partial charge on any atom is -0.497 e. The fraction of sp³-hybridized carbons (Fsp3) is 0.0952. The van der Waals surface area contributed by atoms with Crippen LogP contribution >= 0.6 is 27.5 Å². The minimum absolute atomic E-state index is 0.115. The molecule has 0 aliphatic rings. The molecule has 3 aromatic rings. The van der Waals surface area contributed by atoms with Crippen molar-refractivity contribution in [3.05, 3.63) is 82.0 Å². The van der Waals surface area contributed by atoms with Crippen LogP contribution in [-0.2, 0) is 14.8 Å². The van der Waals surface area contributed by atoms with Crippen LogP contribution in [0.1, 0.15) is 0 Å². The summed E-state index contributed by atoms with van der Waals surface area (Å²) in [6.07, 6.45) is 0. The number of ether oxygens (including phenoxy) is 1. The summed E-state index contributed by atoms with van der Waals surface area (Å²) in [5.74, 6) is -0.987. The standard InChI is InChI=1S/C21H17BrClFN2O4S/c1-30-15-7-9-16(10-8-15)31(28,29)26(20-5-3-2-4-19(20)24)13-21(27)25-14-6-11-17(22)18(23)12-14/h2-12H,13H2,1H3,(H,25,27). The lowest BCUT2D eigenvalue weighted by Crippen LogP contribution is -2.38. The first-order chi connectivity index (χ1) is 14.7. The number of rotatable bonds is 7. The lowest BCUT2D eigenvalue weighted by molar-refractivity contribution is -0.114. The molecule has 0 aromatic heterocycles. The average Bonchev–Trinajstić information content (AvgIpc) is 2.75. The Bertz CT molecular complexity index is 1210. The highest BCUT2D eigenvalue weighted by atomic mass is 79.9. The number of carbonyl (C=O) groups excluding carboxylic acids is 1. The molecule has 0 atom stereocenters. The predicted octanol–water partition coefficient (Wildman–Crippen LogP) is 5.08. The number of hydrogen-bond donors (Lipinski definition) is 1. The molecule has 0 fully saturated rings. The highest BCUT2D eigenvalue weighted by molar-refractivity contribution is 9.10. The second kappa shape index (κ2) is 9.67. The van der Waals surface area contributed by atoms with Gasteiger partial charge in [0.15, 0.2) is 0 Å². The van der Waals surface area contributed by atoms with Gasteiger partial charge in [0.1, 0.15) is 18.1 Å². The minimum atomic E-state index is -4.26. The first-order valence-corrected chi connectivity index (χ1v) is 11.5. The van der Waals surface area contributed by atoms with Gasteiger partial charge in [-0.25, -0.2) is 12.8 Å². The van der Waals surface area contributed by atoms with E-state index in [1.54, 1.807) is 12.1 Å². The van der Waals surface area contributed by atoms with Gasteiger partial charge in [0, 0.05) is 10.2 Å². The van der Waals surface area contributed by atoms with Gasteiger partial charge in [0.25, 0.3) is 10.0 Å². The Kier molecular flexibility index (Phi) is 7.19. The Balaban J connectivity index is 1.95. The van der Waals surface area contributed by atoms with Gasteiger partial charge in [-0.3, -0.25) is 9.10 Å². The van der Waals surface area contributed by atoms with Crippen LogP contribution in [-0.4, -0.2) is 28.0 Å². The summed E-state index contributed by atoms with van der Waals surface area (Å²) in [6.45, 7) is -0.650. The molecular weight excluding hydrogens is 511 g/mol. The summed E-state index contributed by atoms with van der Waals surface area (Å²) >= 11 is 9.29. The molecule has 1 amide bonds. The lowest BCUT2D eigenvalue weighted by Gasteiger charge is -2.24. The molecule has 31 heavy (non-hydrogen) atoms. The highest BCUT2D eigenvalue weighted by Gasteiger charge is 2.29. The van der Waals surface area contributed by atoms with Crippen LogP contribution in [0.4, 0.5) is 15.8 Å². The van der Waals surface area contributed by atoms with Crippen LogP contribution in [0.15, 0.2) is 76.1 Å². The monoisotopic (exact) mass is 526 g/mol. The summed E-state index contributed by atoms with van der Waals surface area (Å²) in [4.78, 5) is 12.6. The van der Waals surface area contributed by atoms with E-state index in [2.05, 4.69) is 21.2 Å². The largest absolute Gasteiger partial charge is 0.497 e. The molecule has 3 aromatic carbocycles. The summed E-state index contributed by atoms with van der Waals surface area (Å²) in [5, 5.41) is 2.95. The third-order valence-electron chi connectivity index (χ3n) is 4.26. The van der Waals surface area contributed by atoms with Gasteiger partial charge < -0.3 is 10.1 Å². The molecule has 162 valence electrons. The number of hydrogen-bond acceptors (Lipinski definition) is 4. The molecule has 0 aliphatic heterocycles. The van der Waals surface area contributed by atoms with E-state index in [-0.39, 0.29) is 10.6 Å². The van der Waals surface area contributed by atoms with Crippen molar-refractivity contribution in [1.82, 2.24) is 0 Å². The summed E-state index contributed by atoms with van der Waals surface area (Å²) in [7, 11) is -2.81. The molecule has 0 saturated carbocycles. The third kappa shape index (κ3) is 5.36. The summed E-state index contributed by atoms with van der Waals surface area (Å²) in [6, 6.07) is 15.7. The summed E-state index contributed by atoms with van der Waals surface area (Å²) in [5.41, 5.74) is 0.121. The smallest absolute Gasteiger partial charge is 0.264 e. The topological polar surface area (TPSA) is 75.7 Å². The number of carbonyl (C=O) groups is 1. The molecule has 6 nitrogen and oxygen atoms in total. The van der Waals surface area contributed by atoms with Crippen molar-refractivity contribution < 1.29 is 22.3 Å². The molecule has 0 unspecified atom stereocenters. The number of halogens is 3. The van der Waals surface area contributed by atoms with E-state index < -0.39 is 28.3 Å². The first-order valence-electron chi connectivity index (χ1n) is 8.88. The zero-order chi connectivity index (χ0) is 22.6. The van der Waals surface area contributed by atoms with Gasteiger partial charge in [-0.1, -0.05) is 23.7 Å². The first kappa shape index (κ1) is 23.1. The van der Waals surface area contributed by atoms with E-state index in [4.69, 9.17) is 16.3 Å². The fourth-order valence-electron chi connectivity index (χ4n) is 2.73. The lowest BCUT2D eigenvalue weighted by atomic mass is 10.3. The van der Waals surface area contributed by atoms with Crippen molar-refractivity contribution in [3.63, 3.8) is 0 Å². The Morgan fingerprint density at radius 1 is 1.13 bits per heavy atom. The van der Waals surface area contributed by atoms with E-state index in [0.717, 1.165) is 10.4 Å². The summed E-state index contributed by atoms with van der Waals surface area (Å²) < 4.78 is 47.5. The van der Waals surface area contributed by atoms with E-state index in [1.165, 1.54) is 55.6 Å². The third-order valence-corrected chi connectivity index (χ3v) is 7.27. The molecular formula is C21H17BrClFN2O4S. The second-order valence-electron chi connectivity index (χ2n) is 6.32. The average molecular weight is 528 g/mol. The van der Waals surface area contributed by atoms with E-state index in [0.29, 0.717) is 20.9 Å². The van der Waals surface area contributed by atoms with Gasteiger partial charge in [0.05, 0.1) is 22.7 Å². The van der Waals surface area contributed by atoms with Crippen molar-refractivity contribution in [2.45, 2.75) is 4.90 Å². The SMILES string of the molecule is COc1ccc(S(=O)(=O)N(CC(=O)Nc2ccc(Br)c(Cl)c2)c2ccccc2F)cc1. The molecule has 1 N–H and O–H groups in total. The maximum absolute atomic E-state index is 14.5. The van der Waals surface area contributed by atoms with E-state index >= 15 is 0 Å². The van der Waals surface area contributed by atoms with Crippen LogP contribution < -0.4 is 14.4 Å². The molecule has 0 radical (unpaired) electrons. The Morgan fingerprint density at radius 3 is 2.42 bits per heavy atom. The van der Waals surface area contributed by atoms with E-state index in [9.17, 15) is 17.6 Å². The van der Waals surface area contributed by atoms with Gasteiger partial charge in [-0.15, -0.1) is 0 Å². The zero-order valence-corrected chi connectivity index (χ0v) is 19.3. The van der Waals surface area contributed by atoms with Crippen molar-refractivity contribution >= 4 is 54.8 Å². The molecule has 0 aliphatic carbocycles. The molecule has 10 heteroatoms. The number of methoxy groups -OCH3 is 1. The number of nitrogens with zero attached hydrogens (tertiary/aromatic N) is 1. The number of sulfonamides is 1. The Labute approximate surface area is 192 Å². The van der Waals surface area contributed by atoms with Crippen LogP contribution in [0, 0.1) is 5.82 Å². The molecule has 3 rings (SSSR count). The second-order valence-corrected chi connectivity index (χ2v) is 9.44. The molecule has 0 spiro atoms. The Morgan fingerprint density at radius 2 is 1.81 bits per heavy atom. The van der Waals surface area contributed by atoms with Gasteiger partial charge >= 0.3 is 0 Å². The van der Waals surface area contributed by atoms with Gasteiger partial charge in [0.2, 0.25) is 5.91 Å². The van der Waals surface area contributed by atoms with Crippen LogP contribution in [0.3, 0.4) is 0 Å². The van der Waals surface area contributed by atoms with Crippen molar-refractivity contribution in [1.29, 1.82) is 0 Å². The zero-order valence-electron chi connectivity index (χ0n) is 16.2. The van der Waals surface area contributed by atoms with Crippen LogP contribution in [0.5, 0.6) is 5.75 Å². The van der Waals surface area contributed by atoms with Crippen molar-refractivity contribution in [2.24, 2.45) is 0 Å². The van der Waals surface area contributed by atoms with Gasteiger partial charge in [-0.05, 0) is 70.5 Å². The number of para-hydroxylation sites is 1. The maximum atomic E-state index is 14.5. The van der Waals surface area contributed by atoms with Gasteiger partial charge in [-0.2, -0.15) is 0 Å². The molecule has 0 bridgehead atoms. The van der Waals surface area contributed by atoms with Crippen molar-refractivity contribution in [3.8, 4) is 5.75 Å². The molecule has 0 heterocycles. The normalized spacial score (nSPS) is 11.1. The fourth-order valence-corrected chi connectivity index (χ4v) is 4.59. The number of amides is 1. The Hall–Kier alpha value is -2.62.